The Kier molecular flexibility index (Phi) is 6.26. The first-order valence-electron chi connectivity index (χ1n) is 16.5. The number of halogens is 2. The molecular weight excluding hydrogens is 574 g/mol. The molecule has 4 aromatic rings. The largest absolute Gasteiger partial charge is 0.508 e. The van der Waals surface area contributed by atoms with E-state index >= 15 is 4.39 Å². The van der Waals surface area contributed by atoms with Gasteiger partial charge in [-0.15, -0.1) is 0 Å². The highest BCUT2D eigenvalue weighted by Gasteiger charge is 2.58. The number of anilines is 1. The first-order valence-corrected chi connectivity index (χ1v) is 16.5. The number of nitrogens with one attached hydrogen (secondary N) is 1. The van der Waals surface area contributed by atoms with Crippen molar-refractivity contribution in [2.75, 3.05) is 31.1 Å². The van der Waals surface area contributed by atoms with Gasteiger partial charge in [0.15, 0.2) is 5.82 Å². The zero-order chi connectivity index (χ0) is 30.4. The van der Waals surface area contributed by atoms with Crippen LogP contribution in [0.2, 0.25) is 0 Å². The van der Waals surface area contributed by atoms with Gasteiger partial charge in [0.2, 0.25) is 0 Å². The van der Waals surface area contributed by atoms with Crippen LogP contribution in [-0.4, -0.2) is 81.0 Å². The number of phenols is 1. The van der Waals surface area contributed by atoms with Crippen molar-refractivity contribution in [2.45, 2.75) is 81.7 Å². The maximum absolute atomic E-state index is 16.8. The number of aryl methyl sites for hydroxylation is 1. The molecule has 6 atom stereocenters. The molecule has 6 heterocycles. The zero-order valence-corrected chi connectivity index (χ0v) is 25.5. The van der Waals surface area contributed by atoms with Crippen LogP contribution in [0.5, 0.6) is 11.8 Å². The van der Waals surface area contributed by atoms with Gasteiger partial charge >= 0.3 is 6.01 Å². The van der Waals surface area contributed by atoms with E-state index in [0.29, 0.717) is 53.8 Å². The summed E-state index contributed by atoms with van der Waals surface area (Å²) in [4.78, 5) is 18.8. The number of hydrogen-bond donors (Lipinski definition) is 2. The zero-order valence-electron chi connectivity index (χ0n) is 25.5. The fourth-order valence-corrected chi connectivity index (χ4v) is 9.51. The lowest BCUT2D eigenvalue weighted by atomic mass is 9.89. The van der Waals surface area contributed by atoms with Crippen molar-refractivity contribution in [2.24, 2.45) is 5.92 Å². The number of aromatic hydroxyl groups is 1. The Bertz CT molecular complexity index is 1830. The Balaban J connectivity index is 1.15. The summed E-state index contributed by atoms with van der Waals surface area (Å²) in [7, 11) is 0. The van der Waals surface area contributed by atoms with E-state index in [-0.39, 0.29) is 35.1 Å². The molecule has 9 rings (SSSR count). The van der Waals surface area contributed by atoms with Crippen molar-refractivity contribution < 1.29 is 18.6 Å². The van der Waals surface area contributed by atoms with Crippen LogP contribution in [0, 0.1) is 18.7 Å². The van der Waals surface area contributed by atoms with Crippen LogP contribution in [0.1, 0.15) is 50.5 Å². The molecule has 1 saturated carbocycles. The van der Waals surface area contributed by atoms with E-state index in [4.69, 9.17) is 14.7 Å². The van der Waals surface area contributed by atoms with Crippen molar-refractivity contribution in [1.29, 1.82) is 0 Å². The van der Waals surface area contributed by atoms with Crippen LogP contribution < -0.4 is 15.0 Å². The number of fused-ring (bicyclic) bond motifs is 7. The van der Waals surface area contributed by atoms with Gasteiger partial charge in [0, 0.05) is 55.9 Å². The third-order valence-electron chi connectivity index (χ3n) is 11.3. The summed E-state index contributed by atoms with van der Waals surface area (Å²) in [6.07, 6.45) is 7.86. The average molecular weight is 613 g/mol. The number of nitrogens with zero attached hydrogens (tertiary/aromatic N) is 5. The smallest absolute Gasteiger partial charge is 0.319 e. The number of rotatable bonds is 5. The van der Waals surface area contributed by atoms with Gasteiger partial charge in [-0.05, 0) is 73.4 Å². The first-order chi connectivity index (χ1) is 21.8. The van der Waals surface area contributed by atoms with Crippen molar-refractivity contribution in [3.8, 4) is 23.0 Å². The second-order valence-corrected chi connectivity index (χ2v) is 14.2. The summed E-state index contributed by atoms with van der Waals surface area (Å²) >= 11 is 0. The van der Waals surface area contributed by atoms with Gasteiger partial charge < -0.3 is 20.1 Å². The first kappa shape index (κ1) is 27.7. The predicted molar refractivity (Wildman–Crippen MR) is 169 cm³/mol. The van der Waals surface area contributed by atoms with E-state index in [0.717, 1.165) is 55.1 Å². The Morgan fingerprint density at radius 1 is 1.07 bits per heavy atom. The molecule has 45 heavy (non-hydrogen) atoms. The molecule has 8 nitrogen and oxygen atoms in total. The van der Waals surface area contributed by atoms with Gasteiger partial charge in [-0.2, -0.15) is 9.97 Å². The summed E-state index contributed by atoms with van der Waals surface area (Å²) in [5, 5.41) is 16.4. The average Bonchev–Trinajstić information content (AvgIpc) is 3.76. The lowest BCUT2D eigenvalue weighted by molar-refractivity contribution is 0.0832. The molecule has 10 heteroatoms. The minimum Gasteiger partial charge on any atom is -0.508 e. The fourth-order valence-electron chi connectivity index (χ4n) is 9.51. The number of pyridine rings is 1. The lowest BCUT2D eigenvalue weighted by Gasteiger charge is -2.35. The predicted octanol–water partition coefficient (Wildman–Crippen LogP) is 5.67. The van der Waals surface area contributed by atoms with Gasteiger partial charge in [-0.1, -0.05) is 24.6 Å². The molecule has 0 radical (unpaired) electrons. The molecular formula is C35H38F2N6O2. The molecule has 0 amide bonds. The molecule has 1 aliphatic carbocycles. The van der Waals surface area contributed by atoms with Gasteiger partial charge in [0.25, 0.3) is 0 Å². The van der Waals surface area contributed by atoms with E-state index < -0.39 is 12.0 Å². The minimum atomic E-state index is -0.869. The quantitative estimate of drug-likeness (QED) is 0.298. The molecule has 234 valence electrons. The third kappa shape index (κ3) is 4.39. The topological polar surface area (TPSA) is 86.6 Å². The number of phenolic OH excluding ortho intramolecular Hbond substituents is 1. The molecule has 6 unspecified atom stereocenters. The lowest BCUT2D eigenvalue weighted by Crippen LogP contribution is -2.51. The Hall–Kier alpha value is -3.63. The SMILES string of the molecule is Cc1cccc2cc(O)cc(-c3ncc4c(N5CC6CCC(C5)N6)nc(OCC56CC(F)CN5C5CCCC5C6)nc4c3F)c12. The van der Waals surface area contributed by atoms with Crippen molar-refractivity contribution in [1.82, 2.24) is 25.2 Å². The molecule has 4 saturated heterocycles. The molecule has 5 fully saturated rings. The molecule has 2 N–H and O–H groups in total. The molecule has 2 aromatic carbocycles. The summed E-state index contributed by atoms with van der Waals surface area (Å²) < 4.78 is 38.1. The molecule has 4 aliphatic heterocycles. The van der Waals surface area contributed by atoms with Gasteiger partial charge in [0.1, 0.15) is 35.6 Å². The molecule has 0 spiro atoms. The number of aromatic nitrogens is 3. The highest BCUT2D eigenvalue weighted by Crippen LogP contribution is 2.52. The van der Waals surface area contributed by atoms with E-state index in [2.05, 4.69) is 20.1 Å². The van der Waals surface area contributed by atoms with Gasteiger partial charge in [-0.25, -0.2) is 8.78 Å². The number of hydrogen-bond acceptors (Lipinski definition) is 8. The standard InChI is InChI=1S/C35H38F2N6O2/c1-19-4-2-5-20-10-25(44)11-26(29(19)20)31-30(37)32-27(14-38-31)33(42-16-23-8-9-24(17-42)39-23)41-34(40-32)45-18-35-12-21-6-3-7-28(21)43(35)15-22(36)13-35/h2,4-5,10-11,14,21-24,28,39,44H,3,6-9,12-13,15-18H2,1H3. The van der Waals surface area contributed by atoms with E-state index in [1.165, 1.54) is 12.8 Å². The normalized spacial score (nSPS) is 30.8. The number of alkyl halides is 1. The molecule has 2 aromatic heterocycles. The van der Waals surface area contributed by atoms with Crippen LogP contribution in [0.4, 0.5) is 14.6 Å². The highest BCUT2D eigenvalue weighted by molar-refractivity contribution is 6.01. The second kappa shape index (κ2) is 10.2. The Labute approximate surface area is 260 Å². The Morgan fingerprint density at radius 2 is 1.91 bits per heavy atom. The van der Waals surface area contributed by atoms with E-state index in [1.54, 1.807) is 18.3 Å². The van der Waals surface area contributed by atoms with Crippen molar-refractivity contribution >= 4 is 27.5 Å². The Morgan fingerprint density at radius 3 is 2.76 bits per heavy atom. The summed E-state index contributed by atoms with van der Waals surface area (Å²) in [6, 6.07) is 10.3. The second-order valence-electron chi connectivity index (χ2n) is 14.2. The third-order valence-corrected chi connectivity index (χ3v) is 11.3. The monoisotopic (exact) mass is 612 g/mol. The number of benzene rings is 2. The maximum atomic E-state index is 16.8. The van der Waals surface area contributed by atoms with Crippen molar-refractivity contribution in [3.05, 3.63) is 47.9 Å². The molecule has 5 aliphatic rings. The van der Waals surface area contributed by atoms with E-state index in [9.17, 15) is 9.50 Å². The molecule has 2 bridgehead atoms. The van der Waals surface area contributed by atoms with Gasteiger partial charge in [-0.3, -0.25) is 9.88 Å². The van der Waals surface area contributed by atoms with Crippen LogP contribution >= 0.6 is 0 Å². The van der Waals surface area contributed by atoms with E-state index in [1.807, 2.05) is 25.1 Å². The maximum Gasteiger partial charge on any atom is 0.319 e. The fraction of sp³-hybridized carbons (Fsp3) is 0.514. The summed E-state index contributed by atoms with van der Waals surface area (Å²) in [5.74, 6) is 0.669. The minimum absolute atomic E-state index is 0.0426. The summed E-state index contributed by atoms with van der Waals surface area (Å²) in [6.45, 7) is 4.23. The van der Waals surface area contributed by atoms with Crippen LogP contribution in [0.25, 0.3) is 32.9 Å². The van der Waals surface area contributed by atoms with Crippen LogP contribution in [-0.2, 0) is 0 Å². The number of piperazine rings is 1. The van der Waals surface area contributed by atoms with Crippen LogP contribution in [0.15, 0.2) is 36.5 Å². The summed E-state index contributed by atoms with van der Waals surface area (Å²) in [5.41, 5.74) is 1.36. The number of ether oxygens (including phenoxy) is 1. The van der Waals surface area contributed by atoms with Crippen molar-refractivity contribution in [3.63, 3.8) is 0 Å². The highest BCUT2D eigenvalue weighted by atomic mass is 19.1. The van der Waals surface area contributed by atoms with Crippen LogP contribution in [0.3, 0.4) is 0 Å². The van der Waals surface area contributed by atoms with Gasteiger partial charge in [0.05, 0.1) is 10.9 Å².